The minimum Gasteiger partial charge on any atom is -0.496 e. The van der Waals surface area contributed by atoms with Gasteiger partial charge in [0.25, 0.3) is 0 Å². The van der Waals surface area contributed by atoms with Crippen LogP contribution in [0.1, 0.15) is 18.1 Å². The standard InChI is InChI=1S/C16H24N2O3/c1-12-16(19)17(2)7-8-18(12)10-13-5-6-15(21-4)14(9-13)11-20-3/h5-6,9,12H,7-8,10-11H2,1-4H3/t12-/m0/s1. The average molecular weight is 292 g/mol. The van der Waals surface area contributed by atoms with Gasteiger partial charge < -0.3 is 14.4 Å². The number of methoxy groups -OCH3 is 2. The molecule has 1 fully saturated rings. The number of piperazine rings is 1. The van der Waals surface area contributed by atoms with Crippen molar-refractivity contribution in [3.63, 3.8) is 0 Å². The summed E-state index contributed by atoms with van der Waals surface area (Å²) in [6.45, 7) is 4.94. The van der Waals surface area contributed by atoms with Crippen molar-refractivity contribution in [1.82, 2.24) is 9.80 Å². The van der Waals surface area contributed by atoms with Crippen molar-refractivity contribution in [1.29, 1.82) is 0 Å². The van der Waals surface area contributed by atoms with Gasteiger partial charge in [-0.15, -0.1) is 0 Å². The molecule has 0 radical (unpaired) electrons. The van der Waals surface area contributed by atoms with Gasteiger partial charge in [-0.2, -0.15) is 0 Å². The van der Waals surface area contributed by atoms with Crippen LogP contribution < -0.4 is 4.74 Å². The van der Waals surface area contributed by atoms with Crippen LogP contribution >= 0.6 is 0 Å². The molecule has 1 amide bonds. The van der Waals surface area contributed by atoms with Crippen LogP contribution in [0.5, 0.6) is 5.75 Å². The molecule has 5 heteroatoms. The molecule has 0 N–H and O–H groups in total. The van der Waals surface area contributed by atoms with Gasteiger partial charge in [0, 0.05) is 39.4 Å². The Hall–Kier alpha value is -1.59. The van der Waals surface area contributed by atoms with Crippen molar-refractivity contribution >= 4 is 5.91 Å². The van der Waals surface area contributed by atoms with Gasteiger partial charge in [0.1, 0.15) is 5.75 Å². The molecular formula is C16H24N2O3. The van der Waals surface area contributed by atoms with E-state index in [-0.39, 0.29) is 11.9 Å². The number of carbonyl (C=O) groups is 1. The Bertz CT molecular complexity index is 504. The van der Waals surface area contributed by atoms with E-state index in [1.54, 1.807) is 19.1 Å². The van der Waals surface area contributed by atoms with E-state index >= 15 is 0 Å². The van der Waals surface area contributed by atoms with E-state index in [0.717, 1.165) is 30.9 Å². The molecule has 1 atom stereocenters. The summed E-state index contributed by atoms with van der Waals surface area (Å²) in [6, 6.07) is 6.04. The second kappa shape index (κ2) is 6.91. The third kappa shape index (κ3) is 3.54. The topological polar surface area (TPSA) is 42.0 Å². The van der Waals surface area contributed by atoms with Gasteiger partial charge in [-0.1, -0.05) is 6.07 Å². The Balaban J connectivity index is 2.12. The van der Waals surface area contributed by atoms with Gasteiger partial charge in [0.15, 0.2) is 0 Å². The van der Waals surface area contributed by atoms with E-state index in [9.17, 15) is 4.79 Å². The average Bonchev–Trinajstić information content (AvgIpc) is 2.49. The van der Waals surface area contributed by atoms with Crippen molar-refractivity contribution < 1.29 is 14.3 Å². The first-order valence-electron chi connectivity index (χ1n) is 7.20. The third-order valence-electron chi connectivity index (χ3n) is 4.03. The van der Waals surface area contributed by atoms with Crippen LogP contribution in [0.4, 0.5) is 0 Å². The first kappa shape index (κ1) is 15.8. The minimum atomic E-state index is -0.0725. The second-order valence-corrected chi connectivity index (χ2v) is 5.49. The van der Waals surface area contributed by atoms with Crippen molar-refractivity contribution in [3.05, 3.63) is 29.3 Å². The molecule has 1 aromatic carbocycles. The Morgan fingerprint density at radius 1 is 1.29 bits per heavy atom. The molecule has 0 saturated carbocycles. The molecule has 1 aromatic rings. The highest BCUT2D eigenvalue weighted by molar-refractivity contribution is 5.81. The summed E-state index contributed by atoms with van der Waals surface area (Å²) in [7, 11) is 5.20. The van der Waals surface area contributed by atoms with E-state index in [0.29, 0.717) is 6.61 Å². The fourth-order valence-corrected chi connectivity index (χ4v) is 2.71. The number of hydrogen-bond donors (Lipinski definition) is 0. The molecule has 1 heterocycles. The van der Waals surface area contributed by atoms with Crippen LogP contribution in [0.25, 0.3) is 0 Å². The summed E-state index contributed by atoms with van der Waals surface area (Å²) in [5.74, 6) is 1.02. The number of ether oxygens (including phenoxy) is 2. The summed E-state index contributed by atoms with van der Waals surface area (Å²) in [6.07, 6.45) is 0. The van der Waals surface area contributed by atoms with Crippen molar-refractivity contribution in [2.45, 2.75) is 26.1 Å². The highest BCUT2D eigenvalue weighted by atomic mass is 16.5. The molecule has 1 aliphatic heterocycles. The molecule has 0 unspecified atom stereocenters. The molecule has 0 aliphatic carbocycles. The van der Waals surface area contributed by atoms with Crippen molar-refractivity contribution in [2.24, 2.45) is 0 Å². The van der Waals surface area contributed by atoms with Crippen LogP contribution in [0, 0.1) is 0 Å². The zero-order chi connectivity index (χ0) is 15.4. The molecule has 5 nitrogen and oxygen atoms in total. The maximum Gasteiger partial charge on any atom is 0.239 e. The second-order valence-electron chi connectivity index (χ2n) is 5.49. The zero-order valence-corrected chi connectivity index (χ0v) is 13.3. The third-order valence-corrected chi connectivity index (χ3v) is 4.03. The number of hydrogen-bond acceptors (Lipinski definition) is 4. The smallest absolute Gasteiger partial charge is 0.239 e. The van der Waals surface area contributed by atoms with E-state index in [4.69, 9.17) is 9.47 Å². The zero-order valence-electron chi connectivity index (χ0n) is 13.3. The van der Waals surface area contributed by atoms with Gasteiger partial charge in [-0.3, -0.25) is 9.69 Å². The molecule has 21 heavy (non-hydrogen) atoms. The lowest BCUT2D eigenvalue weighted by molar-refractivity contribution is -0.139. The predicted molar refractivity (Wildman–Crippen MR) is 81.2 cm³/mol. The Morgan fingerprint density at radius 3 is 2.71 bits per heavy atom. The van der Waals surface area contributed by atoms with Crippen molar-refractivity contribution in [2.75, 3.05) is 34.4 Å². The largest absolute Gasteiger partial charge is 0.496 e. The predicted octanol–water partition coefficient (Wildman–Crippen LogP) is 1.50. The first-order valence-corrected chi connectivity index (χ1v) is 7.20. The Morgan fingerprint density at radius 2 is 2.05 bits per heavy atom. The molecule has 0 spiro atoms. The van der Waals surface area contributed by atoms with Crippen LogP contribution in [0.3, 0.4) is 0 Å². The highest BCUT2D eigenvalue weighted by Crippen LogP contribution is 2.22. The minimum absolute atomic E-state index is 0.0725. The summed E-state index contributed by atoms with van der Waals surface area (Å²) in [5, 5.41) is 0. The van der Waals surface area contributed by atoms with Gasteiger partial charge in [-0.25, -0.2) is 0 Å². The fraction of sp³-hybridized carbons (Fsp3) is 0.562. The monoisotopic (exact) mass is 292 g/mol. The van der Waals surface area contributed by atoms with E-state index in [1.165, 1.54) is 5.56 Å². The van der Waals surface area contributed by atoms with Crippen molar-refractivity contribution in [3.8, 4) is 5.75 Å². The van der Waals surface area contributed by atoms with E-state index < -0.39 is 0 Å². The van der Waals surface area contributed by atoms with Crippen LogP contribution in [-0.2, 0) is 22.7 Å². The maximum absolute atomic E-state index is 12.0. The van der Waals surface area contributed by atoms with Crippen LogP contribution in [0.15, 0.2) is 18.2 Å². The van der Waals surface area contributed by atoms with Gasteiger partial charge in [0.2, 0.25) is 5.91 Å². The SMILES string of the molecule is COCc1cc(CN2CCN(C)C(=O)[C@@H]2C)ccc1OC. The number of carbonyl (C=O) groups excluding carboxylic acids is 1. The quantitative estimate of drug-likeness (QED) is 0.825. The highest BCUT2D eigenvalue weighted by Gasteiger charge is 2.29. The Kier molecular flexibility index (Phi) is 5.20. The van der Waals surface area contributed by atoms with Gasteiger partial charge in [-0.05, 0) is 24.6 Å². The summed E-state index contributed by atoms with van der Waals surface area (Å²) < 4.78 is 10.6. The number of rotatable bonds is 5. The van der Waals surface area contributed by atoms with E-state index in [2.05, 4.69) is 11.0 Å². The summed E-state index contributed by atoms with van der Waals surface area (Å²) in [4.78, 5) is 16.0. The molecule has 1 aliphatic rings. The Labute approximate surface area is 126 Å². The number of amides is 1. The first-order chi connectivity index (χ1) is 10.1. The van der Waals surface area contributed by atoms with Gasteiger partial charge in [0.05, 0.1) is 19.8 Å². The maximum atomic E-state index is 12.0. The molecular weight excluding hydrogens is 268 g/mol. The summed E-state index contributed by atoms with van der Waals surface area (Å²) >= 11 is 0. The van der Waals surface area contributed by atoms with Crippen LogP contribution in [0.2, 0.25) is 0 Å². The lowest BCUT2D eigenvalue weighted by Gasteiger charge is -2.37. The molecule has 116 valence electrons. The number of benzene rings is 1. The number of likely N-dealkylation sites (N-methyl/N-ethyl adjacent to an activating group) is 1. The number of nitrogens with zero attached hydrogens (tertiary/aromatic N) is 2. The molecule has 0 bridgehead atoms. The van der Waals surface area contributed by atoms with Gasteiger partial charge >= 0.3 is 0 Å². The summed E-state index contributed by atoms with van der Waals surface area (Å²) in [5.41, 5.74) is 2.21. The molecule has 2 rings (SSSR count). The van der Waals surface area contributed by atoms with Crippen LogP contribution in [-0.4, -0.2) is 56.1 Å². The lowest BCUT2D eigenvalue weighted by Crippen LogP contribution is -2.53. The molecule has 0 aromatic heterocycles. The molecule has 1 saturated heterocycles. The lowest BCUT2D eigenvalue weighted by atomic mass is 10.1. The normalized spacial score (nSPS) is 19.9. The van der Waals surface area contributed by atoms with E-state index in [1.807, 2.05) is 26.1 Å². The fourth-order valence-electron chi connectivity index (χ4n) is 2.71.